The number of nitrogens with one attached hydrogen (secondary N) is 1. The maximum absolute atomic E-state index is 12.1. The van der Waals surface area contributed by atoms with Crippen LogP contribution in [0, 0.1) is 6.92 Å². The van der Waals surface area contributed by atoms with E-state index in [0.29, 0.717) is 36.9 Å². The van der Waals surface area contributed by atoms with Crippen LogP contribution in [0.15, 0.2) is 12.3 Å². The fraction of sp³-hybridized carbons (Fsp3) is 0.429. The second kappa shape index (κ2) is 7.35. The van der Waals surface area contributed by atoms with Crippen molar-refractivity contribution < 1.29 is 14.3 Å². The molecule has 0 aliphatic heterocycles. The van der Waals surface area contributed by atoms with Gasteiger partial charge in [-0.2, -0.15) is 0 Å². The molecule has 0 spiro atoms. The van der Waals surface area contributed by atoms with E-state index in [1.807, 2.05) is 13.0 Å². The lowest BCUT2D eigenvalue weighted by Crippen LogP contribution is -2.27. The molecule has 0 aliphatic carbocycles. The minimum Gasteiger partial charge on any atom is -0.397 e. The van der Waals surface area contributed by atoms with Crippen molar-refractivity contribution >= 4 is 33.1 Å². The number of pyridine rings is 1. The lowest BCUT2D eigenvalue weighted by molar-refractivity contribution is 0.0693. The Morgan fingerprint density at radius 1 is 1.43 bits per heavy atom. The summed E-state index contributed by atoms with van der Waals surface area (Å²) < 4.78 is 10.2. The molecule has 2 heterocycles. The summed E-state index contributed by atoms with van der Waals surface area (Å²) in [6.45, 7) is 3.89. The number of rotatable bonds is 7. The summed E-state index contributed by atoms with van der Waals surface area (Å²) in [5.74, 6) is -0.190. The minimum atomic E-state index is -0.190. The summed E-state index contributed by atoms with van der Waals surface area (Å²) in [5.41, 5.74) is 7.59. The van der Waals surface area contributed by atoms with Gasteiger partial charge in [0.25, 0.3) is 5.91 Å². The Hall–Kier alpha value is -1.70. The highest BCUT2D eigenvalue weighted by molar-refractivity contribution is 7.21. The summed E-state index contributed by atoms with van der Waals surface area (Å²) in [4.78, 5) is 17.7. The van der Waals surface area contributed by atoms with Gasteiger partial charge in [-0.05, 0) is 18.6 Å². The van der Waals surface area contributed by atoms with Gasteiger partial charge in [-0.1, -0.05) is 0 Å². The molecule has 0 aromatic carbocycles. The monoisotopic (exact) mass is 309 g/mol. The van der Waals surface area contributed by atoms with Crippen molar-refractivity contribution in [2.75, 3.05) is 39.2 Å². The van der Waals surface area contributed by atoms with Gasteiger partial charge >= 0.3 is 0 Å². The van der Waals surface area contributed by atoms with Gasteiger partial charge in [0, 0.05) is 25.2 Å². The number of carbonyl (C=O) groups is 1. The molecule has 2 rings (SSSR count). The van der Waals surface area contributed by atoms with Gasteiger partial charge in [0.05, 0.1) is 25.5 Å². The second-order valence-corrected chi connectivity index (χ2v) is 5.51. The van der Waals surface area contributed by atoms with Gasteiger partial charge in [0.1, 0.15) is 9.71 Å². The molecule has 0 bridgehead atoms. The second-order valence-electron chi connectivity index (χ2n) is 4.51. The molecule has 0 saturated carbocycles. The Bertz CT molecular complexity index is 627. The van der Waals surface area contributed by atoms with E-state index >= 15 is 0 Å². The molecule has 0 saturated heterocycles. The molecule has 0 aliphatic rings. The number of ether oxygens (including phenoxy) is 2. The van der Waals surface area contributed by atoms with Crippen molar-refractivity contribution in [2.45, 2.75) is 6.92 Å². The molecule has 21 heavy (non-hydrogen) atoms. The Morgan fingerprint density at radius 2 is 2.24 bits per heavy atom. The summed E-state index contributed by atoms with van der Waals surface area (Å²) in [6.07, 6.45) is 1.72. The molecule has 114 valence electrons. The fourth-order valence-electron chi connectivity index (χ4n) is 1.93. The third-order valence-corrected chi connectivity index (χ3v) is 4.12. The average molecular weight is 309 g/mol. The highest BCUT2D eigenvalue weighted by atomic mass is 32.1. The predicted octanol–water partition coefficient (Wildman–Crippen LogP) is 1.58. The number of nitrogens with two attached hydrogens (primary N) is 1. The maximum atomic E-state index is 12.1. The van der Waals surface area contributed by atoms with Crippen molar-refractivity contribution in [3.63, 3.8) is 0 Å². The Balaban J connectivity index is 1.97. The zero-order valence-electron chi connectivity index (χ0n) is 12.1. The molecule has 0 atom stereocenters. The lowest BCUT2D eigenvalue weighted by atomic mass is 10.2. The topological polar surface area (TPSA) is 86.5 Å². The third kappa shape index (κ3) is 3.69. The van der Waals surface area contributed by atoms with Gasteiger partial charge in [0.2, 0.25) is 0 Å². The van der Waals surface area contributed by atoms with Crippen LogP contribution in [0.3, 0.4) is 0 Å². The molecule has 2 aromatic rings. The van der Waals surface area contributed by atoms with Gasteiger partial charge in [0.15, 0.2) is 0 Å². The molecule has 0 radical (unpaired) electrons. The largest absolute Gasteiger partial charge is 0.397 e. The van der Waals surface area contributed by atoms with Crippen LogP contribution in [0.2, 0.25) is 0 Å². The molecule has 7 heteroatoms. The number of aryl methyl sites for hydroxylation is 1. The van der Waals surface area contributed by atoms with E-state index < -0.39 is 0 Å². The van der Waals surface area contributed by atoms with Crippen LogP contribution in [0.25, 0.3) is 10.2 Å². The SMILES string of the molecule is COCCOCCNC(=O)c1sc2nccc(C)c2c1N. The quantitative estimate of drug-likeness (QED) is 0.758. The Labute approximate surface area is 127 Å². The van der Waals surface area contributed by atoms with Crippen LogP contribution in [0.4, 0.5) is 5.69 Å². The minimum absolute atomic E-state index is 0.190. The van der Waals surface area contributed by atoms with Crippen LogP contribution < -0.4 is 11.1 Å². The first-order valence-corrected chi connectivity index (χ1v) is 7.45. The molecule has 0 fully saturated rings. The first-order valence-electron chi connectivity index (χ1n) is 6.63. The van der Waals surface area contributed by atoms with Crippen LogP contribution in [-0.4, -0.2) is 44.4 Å². The van der Waals surface area contributed by atoms with E-state index in [9.17, 15) is 4.79 Å². The van der Waals surface area contributed by atoms with Crippen molar-refractivity contribution in [1.82, 2.24) is 10.3 Å². The van der Waals surface area contributed by atoms with Gasteiger partial charge < -0.3 is 20.5 Å². The molecular weight excluding hydrogens is 290 g/mol. The third-order valence-electron chi connectivity index (χ3n) is 3.01. The van der Waals surface area contributed by atoms with E-state index in [4.69, 9.17) is 15.2 Å². The van der Waals surface area contributed by atoms with Crippen molar-refractivity contribution in [1.29, 1.82) is 0 Å². The van der Waals surface area contributed by atoms with E-state index in [2.05, 4.69) is 10.3 Å². The standard InChI is InChI=1S/C14H19N3O3S/c1-9-3-4-17-14-10(9)11(15)12(21-14)13(18)16-5-6-20-8-7-19-2/h3-4H,5-8,15H2,1-2H3,(H,16,18). The van der Waals surface area contributed by atoms with Gasteiger partial charge in [-0.25, -0.2) is 4.98 Å². The van der Waals surface area contributed by atoms with Gasteiger partial charge in [-0.15, -0.1) is 11.3 Å². The number of carbonyl (C=O) groups excluding carboxylic acids is 1. The Morgan fingerprint density at radius 3 is 2.95 bits per heavy atom. The zero-order chi connectivity index (χ0) is 15.2. The maximum Gasteiger partial charge on any atom is 0.263 e. The van der Waals surface area contributed by atoms with Gasteiger partial charge in [-0.3, -0.25) is 4.79 Å². The van der Waals surface area contributed by atoms with Crippen molar-refractivity contribution in [2.24, 2.45) is 0 Å². The molecule has 3 N–H and O–H groups in total. The van der Waals surface area contributed by atoms with E-state index in [1.54, 1.807) is 13.3 Å². The number of hydrogen-bond acceptors (Lipinski definition) is 6. The lowest BCUT2D eigenvalue weighted by Gasteiger charge is -2.05. The summed E-state index contributed by atoms with van der Waals surface area (Å²) in [6, 6.07) is 1.89. The zero-order valence-corrected chi connectivity index (χ0v) is 13.0. The number of nitrogens with zero attached hydrogens (tertiary/aromatic N) is 1. The molecule has 1 amide bonds. The number of nitrogen functional groups attached to an aromatic ring is 1. The number of methoxy groups -OCH3 is 1. The number of fused-ring (bicyclic) bond motifs is 1. The molecule has 2 aromatic heterocycles. The first kappa shape index (κ1) is 15.7. The molecule has 6 nitrogen and oxygen atoms in total. The number of aromatic nitrogens is 1. The van der Waals surface area contributed by atoms with Crippen molar-refractivity contribution in [3.05, 3.63) is 22.7 Å². The number of anilines is 1. The molecule has 0 unspecified atom stereocenters. The van der Waals surface area contributed by atoms with Crippen LogP contribution >= 0.6 is 11.3 Å². The normalized spacial score (nSPS) is 11.0. The van der Waals surface area contributed by atoms with E-state index in [-0.39, 0.29) is 5.91 Å². The molecular formula is C14H19N3O3S. The number of thiophene rings is 1. The summed E-state index contributed by atoms with van der Waals surface area (Å²) in [5, 5.41) is 3.66. The fourth-order valence-corrected chi connectivity index (χ4v) is 2.99. The summed E-state index contributed by atoms with van der Waals surface area (Å²) >= 11 is 1.31. The number of hydrogen-bond donors (Lipinski definition) is 2. The van der Waals surface area contributed by atoms with E-state index in [1.165, 1.54) is 11.3 Å². The van der Waals surface area contributed by atoms with E-state index in [0.717, 1.165) is 15.8 Å². The van der Waals surface area contributed by atoms with Crippen LogP contribution in [0.1, 0.15) is 15.2 Å². The smallest absolute Gasteiger partial charge is 0.263 e. The predicted molar refractivity (Wildman–Crippen MR) is 83.8 cm³/mol. The summed E-state index contributed by atoms with van der Waals surface area (Å²) in [7, 11) is 1.62. The average Bonchev–Trinajstić information content (AvgIpc) is 2.81. The van der Waals surface area contributed by atoms with Crippen LogP contribution in [-0.2, 0) is 9.47 Å². The highest BCUT2D eigenvalue weighted by Crippen LogP contribution is 2.33. The van der Waals surface area contributed by atoms with Crippen LogP contribution in [0.5, 0.6) is 0 Å². The Kier molecular flexibility index (Phi) is 5.49. The van der Waals surface area contributed by atoms with Crippen molar-refractivity contribution in [3.8, 4) is 0 Å². The highest BCUT2D eigenvalue weighted by Gasteiger charge is 2.17. The first-order chi connectivity index (χ1) is 10.1. The number of amides is 1.